The van der Waals surface area contributed by atoms with Gasteiger partial charge in [0.05, 0.1) is 5.38 Å². The van der Waals surface area contributed by atoms with Gasteiger partial charge in [-0.15, -0.1) is 11.6 Å². The number of aryl methyl sites for hydroxylation is 1. The van der Waals surface area contributed by atoms with Crippen LogP contribution in [-0.4, -0.2) is 35.7 Å². The first-order chi connectivity index (χ1) is 14.2. The summed E-state index contributed by atoms with van der Waals surface area (Å²) in [6, 6.07) is 16.7. The van der Waals surface area contributed by atoms with E-state index in [1.165, 1.54) is 24.0 Å². The van der Waals surface area contributed by atoms with Gasteiger partial charge in [0, 0.05) is 24.3 Å². The van der Waals surface area contributed by atoms with Gasteiger partial charge in [-0.05, 0) is 74.7 Å². The van der Waals surface area contributed by atoms with Crippen molar-refractivity contribution in [1.29, 1.82) is 0 Å². The number of halogens is 1. The van der Waals surface area contributed by atoms with Crippen molar-refractivity contribution in [2.24, 2.45) is 5.92 Å². The lowest BCUT2D eigenvalue weighted by Crippen LogP contribution is -2.34. The minimum atomic E-state index is -0.426. The molecule has 2 aromatic carbocycles. The summed E-state index contributed by atoms with van der Waals surface area (Å²) >= 11 is 6.60. The highest BCUT2D eigenvalue weighted by Gasteiger charge is 2.26. The third-order valence-electron chi connectivity index (χ3n) is 6.36. The first kappa shape index (κ1) is 20.4. The fraction of sp³-hybridized carbons (Fsp3) is 0.480. The van der Waals surface area contributed by atoms with E-state index in [-0.39, 0.29) is 5.78 Å². The molecule has 0 aromatic heterocycles. The maximum atomic E-state index is 12.9. The molecule has 1 atom stereocenters. The third kappa shape index (κ3) is 5.40. The molecule has 0 radical (unpaired) electrons. The molecule has 0 aliphatic carbocycles. The molecule has 0 bridgehead atoms. The molecule has 1 N–H and O–H groups in total. The van der Waals surface area contributed by atoms with Gasteiger partial charge in [-0.3, -0.25) is 9.69 Å². The van der Waals surface area contributed by atoms with Crippen LogP contribution in [-0.2, 0) is 13.0 Å². The SMILES string of the molecule is O=C(c1ccc2c(c1)NCCCC2)C(Cl)CC1CCN(Cc2ccccc2)CC1. The van der Waals surface area contributed by atoms with Gasteiger partial charge in [0.15, 0.2) is 5.78 Å². The average molecular weight is 411 g/mol. The molecule has 29 heavy (non-hydrogen) atoms. The van der Waals surface area contributed by atoms with Gasteiger partial charge in [-0.1, -0.05) is 42.5 Å². The number of carbonyl (C=O) groups excluding carboxylic acids is 1. The minimum absolute atomic E-state index is 0.0761. The molecule has 154 valence electrons. The topological polar surface area (TPSA) is 32.3 Å². The van der Waals surface area contributed by atoms with Gasteiger partial charge in [0.2, 0.25) is 0 Å². The van der Waals surface area contributed by atoms with Gasteiger partial charge in [0.1, 0.15) is 0 Å². The Balaban J connectivity index is 1.29. The Morgan fingerprint density at radius 3 is 2.69 bits per heavy atom. The third-order valence-corrected chi connectivity index (χ3v) is 6.74. The Hall–Kier alpha value is -1.84. The van der Waals surface area contributed by atoms with Crippen LogP contribution >= 0.6 is 11.6 Å². The summed E-state index contributed by atoms with van der Waals surface area (Å²) in [6.07, 6.45) is 6.49. The number of alkyl halides is 1. The van der Waals surface area contributed by atoms with Crippen molar-refractivity contribution in [2.75, 3.05) is 25.0 Å². The summed E-state index contributed by atoms with van der Waals surface area (Å²) in [6.45, 7) is 4.16. The number of nitrogens with one attached hydrogen (secondary N) is 1. The van der Waals surface area contributed by atoms with Crippen molar-refractivity contribution in [2.45, 2.75) is 50.4 Å². The highest BCUT2D eigenvalue weighted by atomic mass is 35.5. The molecule has 2 heterocycles. The van der Waals surface area contributed by atoms with E-state index in [0.717, 1.165) is 63.1 Å². The van der Waals surface area contributed by atoms with Gasteiger partial charge in [-0.2, -0.15) is 0 Å². The number of nitrogens with zero attached hydrogens (tertiary/aromatic N) is 1. The zero-order valence-corrected chi connectivity index (χ0v) is 17.8. The molecule has 1 saturated heterocycles. The van der Waals surface area contributed by atoms with Gasteiger partial charge < -0.3 is 5.32 Å². The van der Waals surface area contributed by atoms with E-state index in [2.05, 4.69) is 46.6 Å². The molecular formula is C25H31ClN2O. The number of anilines is 1. The van der Waals surface area contributed by atoms with Crippen molar-refractivity contribution >= 4 is 23.1 Å². The summed E-state index contributed by atoms with van der Waals surface area (Å²) < 4.78 is 0. The molecule has 1 fully saturated rings. The second-order valence-corrected chi connectivity index (χ2v) is 9.06. The van der Waals surface area contributed by atoms with Crippen molar-refractivity contribution in [3.05, 3.63) is 65.2 Å². The van der Waals surface area contributed by atoms with Crippen LogP contribution in [0.2, 0.25) is 0 Å². The molecule has 3 nitrogen and oxygen atoms in total. The highest BCUT2D eigenvalue weighted by Crippen LogP contribution is 2.28. The fourth-order valence-electron chi connectivity index (χ4n) is 4.58. The highest BCUT2D eigenvalue weighted by molar-refractivity contribution is 6.34. The molecule has 0 saturated carbocycles. The van der Waals surface area contributed by atoms with Crippen LogP contribution in [0.1, 0.15) is 53.6 Å². The van der Waals surface area contributed by atoms with Crippen molar-refractivity contribution < 1.29 is 4.79 Å². The summed E-state index contributed by atoms with van der Waals surface area (Å²) in [5.41, 5.74) is 4.55. The predicted molar refractivity (Wildman–Crippen MR) is 121 cm³/mol. The van der Waals surface area contributed by atoms with Crippen molar-refractivity contribution in [3.63, 3.8) is 0 Å². The Kier molecular flexibility index (Phi) is 6.89. The number of Topliss-reactive ketones (excluding diaryl/α,β-unsaturated/α-hetero) is 1. The maximum absolute atomic E-state index is 12.9. The zero-order chi connectivity index (χ0) is 20.1. The summed E-state index contributed by atoms with van der Waals surface area (Å²) in [7, 11) is 0. The standard InChI is InChI=1S/C25H31ClN2O/c26-23(25(29)22-10-9-21-8-4-5-13-27-24(21)17-22)16-19-11-14-28(15-12-19)18-20-6-2-1-3-7-20/h1-3,6-7,9-10,17,19,23,27H,4-5,8,11-16,18H2. The molecule has 1 unspecified atom stereocenters. The summed E-state index contributed by atoms with van der Waals surface area (Å²) in [4.78, 5) is 15.4. The average Bonchev–Trinajstić information content (AvgIpc) is 3.00. The van der Waals surface area contributed by atoms with Crippen LogP contribution in [0.4, 0.5) is 5.69 Å². The van der Waals surface area contributed by atoms with E-state index >= 15 is 0 Å². The number of hydrogen-bond acceptors (Lipinski definition) is 3. The lowest BCUT2D eigenvalue weighted by Gasteiger charge is -2.32. The number of benzene rings is 2. The Morgan fingerprint density at radius 2 is 1.90 bits per heavy atom. The number of fused-ring (bicyclic) bond motifs is 1. The minimum Gasteiger partial charge on any atom is -0.385 e. The fourth-order valence-corrected chi connectivity index (χ4v) is 4.96. The van der Waals surface area contributed by atoms with Crippen LogP contribution in [0.3, 0.4) is 0 Å². The van der Waals surface area contributed by atoms with Gasteiger partial charge in [-0.25, -0.2) is 0 Å². The largest absolute Gasteiger partial charge is 0.385 e. The number of piperidine rings is 1. The molecule has 2 aliphatic rings. The second kappa shape index (κ2) is 9.77. The molecular weight excluding hydrogens is 380 g/mol. The molecule has 0 amide bonds. The van der Waals surface area contributed by atoms with Crippen LogP contribution in [0.5, 0.6) is 0 Å². The van der Waals surface area contributed by atoms with E-state index in [0.29, 0.717) is 5.92 Å². The Morgan fingerprint density at radius 1 is 1.10 bits per heavy atom. The van der Waals surface area contributed by atoms with Crippen LogP contribution in [0, 0.1) is 5.92 Å². The van der Waals surface area contributed by atoms with Crippen LogP contribution in [0.15, 0.2) is 48.5 Å². The number of carbonyl (C=O) groups is 1. The smallest absolute Gasteiger partial charge is 0.180 e. The van der Waals surface area contributed by atoms with Crippen LogP contribution in [0.25, 0.3) is 0 Å². The molecule has 2 aromatic rings. The van der Waals surface area contributed by atoms with E-state index in [4.69, 9.17) is 11.6 Å². The zero-order valence-electron chi connectivity index (χ0n) is 17.1. The first-order valence-corrected chi connectivity index (χ1v) is 11.4. The number of ketones is 1. The summed E-state index contributed by atoms with van der Waals surface area (Å²) in [5.74, 6) is 0.611. The lowest BCUT2D eigenvalue weighted by atomic mass is 9.89. The van der Waals surface area contributed by atoms with E-state index in [1.54, 1.807) is 0 Å². The lowest BCUT2D eigenvalue weighted by molar-refractivity contribution is 0.0966. The molecule has 4 rings (SSSR count). The number of hydrogen-bond donors (Lipinski definition) is 1. The quantitative estimate of drug-likeness (QED) is 0.502. The molecule has 2 aliphatic heterocycles. The van der Waals surface area contributed by atoms with E-state index in [9.17, 15) is 4.79 Å². The molecule has 4 heteroatoms. The first-order valence-electron chi connectivity index (χ1n) is 11.0. The van der Waals surface area contributed by atoms with Gasteiger partial charge >= 0.3 is 0 Å². The van der Waals surface area contributed by atoms with Crippen molar-refractivity contribution in [1.82, 2.24) is 4.90 Å². The monoisotopic (exact) mass is 410 g/mol. The molecule has 0 spiro atoms. The van der Waals surface area contributed by atoms with Crippen molar-refractivity contribution in [3.8, 4) is 0 Å². The van der Waals surface area contributed by atoms with Gasteiger partial charge in [0.25, 0.3) is 0 Å². The normalized spacial score (nSPS) is 19.1. The second-order valence-electron chi connectivity index (χ2n) is 8.53. The van der Waals surface area contributed by atoms with E-state index < -0.39 is 5.38 Å². The summed E-state index contributed by atoms with van der Waals surface area (Å²) in [5, 5.41) is 3.04. The number of rotatable bonds is 6. The van der Waals surface area contributed by atoms with Crippen LogP contribution < -0.4 is 5.32 Å². The van der Waals surface area contributed by atoms with E-state index in [1.807, 2.05) is 12.1 Å². The predicted octanol–water partition coefficient (Wildman–Crippen LogP) is 5.53. The Bertz CT molecular complexity index is 815. The maximum Gasteiger partial charge on any atom is 0.180 e. The Labute approximate surface area is 179 Å². The number of likely N-dealkylation sites (tertiary alicyclic amines) is 1.